The Morgan fingerprint density at radius 1 is 0.903 bits per heavy atom. The zero-order valence-corrected chi connectivity index (χ0v) is 17.2. The highest BCUT2D eigenvalue weighted by Crippen LogP contribution is 2.27. The third-order valence-electron chi connectivity index (χ3n) is 6.15. The minimum absolute atomic E-state index is 0.00351. The number of carbonyl (C=O) groups excluding carboxylic acids is 2. The van der Waals surface area contributed by atoms with Crippen molar-refractivity contribution in [1.29, 1.82) is 0 Å². The Balaban J connectivity index is 1.35. The SMILES string of the molecule is O=C(C1Cc2ccccc2CN1C(=O)c1ccco1)N1CCN(c2ccncc2)CC1. The molecule has 1 fully saturated rings. The van der Waals surface area contributed by atoms with Crippen molar-refractivity contribution in [3.05, 3.63) is 84.1 Å². The first-order valence-corrected chi connectivity index (χ1v) is 10.6. The molecule has 158 valence electrons. The van der Waals surface area contributed by atoms with E-state index in [1.54, 1.807) is 29.4 Å². The fraction of sp³-hybridized carbons (Fsp3) is 0.292. The van der Waals surface area contributed by atoms with Gasteiger partial charge in [-0.1, -0.05) is 24.3 Å². The van der Waals surface area contributed by atoms with Gasteiger partial charge in [-0.05, 0) is 35.4 Å². The van der Waals surface area contributed by atoms with Crippen LogP contribution in [0, 0.1) is 0 Å². The third kappa shape index (κ3) is 3.79. The molecule has 2 amide bonds. The van der Waals surface area contributed by atoms with Crippen molar-refractivity contribution in [2.24, 2.45) is 0 Å². The molecular weight excluding hydrogens is 392 g/mol. The molecule has 2 aromatic heterocycles. The van der Waals surface area contributed by atoms with Crippen molar-refractivity contribution in [2.45, 2.75) is 19.0 Å². The van der Waals surface area contributed by atoms with E-state index >= 15 is 0 Å². The number of hydrogen-bond acceptors (Lipinski definition) is 5. The first-order chi connectivity index (χ1) is 15.2. The number of rotatable bonds is 3. The molecule has 1 aromatic carbocycles. The van der Waals surface area contributed by atoms with E-state index in [2.05, 4.69) is 9.88 Å². The Morgan fingerprint density at radius 3 is 2.35 bits per heavy atom. The van der Waals surface area contributed by atoms with Crippen LogP contribution >= 0.6 is 0 Å². The summed E-state index contributed by atoms with van der Waals surface area (Å²) in [7, 11) is 0. The zero-order valence-electron chi connectivity index (χ0n) is 17.2. The van der Waals surface area contributed by atoms with Crippen molar-refractivity contribution < 1.29 is 14.0 Å². The van der Waals surface area contributed by atoms with Gasteiger partial charge in [0.2, 0.25) is 5.91 Å². The normalized spacial score (nSPS) is 18.6. The van der Waals surface area contributed by atoms with Crippen LogP contribution in [0.5, 0.6) is 0 Å². The molecule has 1 atom stereocenters. The van der Waals surface area contributed by atoms with Gasteiger partial charge in [0.05, 0.1) is 6.26 Å². The molecule has 1 unspecified atom stereocenters. The summed E-state index contributed by atoms with van der Waals surface area (Å²) in [6.45, 7) is 3.17. The van der Waals surface area contributed by atoms with Crippen molar-refractivity contribution in [3.63, 3.8) is 0 Å². The summed E-state index contributed by atoms with van der Waals surface area (Å²) in [5.41, 5.74) is 3.32. The number of fused-ring (bicyclic) bond motifs is 1. The predicted octanol–water partition coefficient (Wildman–Crippen LogP) is 2.59. The molecule has 5 rings (SSSR count). The van der Waals surface area contributed by atoms with Crippen LogP contribution < -0.4 is 4.90 Å². The summed E-state index contributed by atoms with van der Waals surface area (Å²) in [6.07, 6.45) is 5.57. The van der Waals surface area contributed by atoms with Crippen LogP contribution in [0.3, 0.4) is 0 Å². The number of nitrogens with zero attached hydrogens (tertiary/aromatic N) is 4. The largest absolute Gasteiger partial charge is 0.459 e. The van der Waals surface area contributed by atoms with Crippen LogP contribution in [0.1, 0.15) is 21.7 Å². The van der Waals surface area contributed by atoms with Gasteiger partial charge in [-0.3, -0.25) is 14.6 Å². The average Bonchev–Trinajstić information content (AvgIpc) is 3.38. The lowest BCUT2D eigenvalue weighted by Gasteiger charge is -2.41. The maximum atomic E-state index is 13.6. The smallest absolute Gasteiger partial charge is 0.290 e. The Bertz CT molecular complexity index is 1060. The van der Waals surface area contributed by atoms with Gasteiger partial charge in [0.25, 0.3) is 5.91 Å². The van der Waals surface area contributed by atoms with Crippen LogP contribution in [0.25, 0.3) is 0 Å². The number of amides is 2. The van der Waals surface area contributed by atoms with Crippen LogP contribution in [0.15, 0.2) is 71.6 Å². The molecule has 0 N–H and O–H groups in total. The minimum Gasteiger partial charge on any atom is -0.459 e. The van der Waals surface area contributed by atoms with Gasteiger partial charge in [0.15, 0.2) is 5.76 Å². The van der Waals surface area contributed by atoms with Gasteiger partial charge in [0, 0.05) is 57.2 Å². The number of carbonyl (C=O) groups is 2. The van der Waals surface area contributed by atoms with Gasteiger partial charge in [-0.25, -0.2) is 0 Å². The van der Waals surface area contributed by atoms with Crippen LogP contribution in [-0.2, 0) is 17.8 Å². The molecular formula is C24H24N4O3. The van der Waals surface area contributed by atoms with E-state index in [0.717, 1.165) is 29.9 Å². The number of pyridine rings is 1. The molecule has 2 aliphatic heterocycles. The fourth-order valence-corrected chi connectivity index (χ4v) is 4.45. The summed E-state index contributed by atoms with van der Waals surface area (Å²) in [6, 6.07) is 14.8. The van der Waals surface area contributed by atoms with E-state index in [9.17, 15) is 9.59 Å². The number of anilines is 1. The zero-order chi connectivity index (χ0) is 21.2. The molecule has 31 heavy (non-hydrogen) atoms. The standard InChI is InChI=1S/C24H24N4O3/c29-23(27-13-11-26(12-14-27)20-7-9-25-10-8-20)21-16-18-4-1-2-5-19(18)17-28(21)24(30)22-6-3-15-31-22/h1-10,15,21H,11-14,16-17H2. The highest BCUT2D eigenvalue weighted by molar-refractivity contribution is 5.96. The van der Waals surface area contributed by atoms with E-state index in [1.807, 2.05) is 41.3 Å². The molecule has 1 saturated heterocycles. The molecule has 3 aromatic rings. The topological polar surface area (TPSA) is 69.9 Å². The maximum absolute atomic E-state index is 13.6. The van der Waals surface area contributed by atoms with Gasteiger partial charge >= 0.3 is 0 Å². The summed E-state index contributed by atoms with van der Waals surface area (Å²) in [5.74, 6) is 0.0248. The van der Waals surface area contributed by atoms with E-state index in [0.29, 0.717) is 26.1 Å². The highest BCUT2D eigenvalue weighted by Gasteiger charge is 2.38. The average molecular weight is 416 g/mol. The lowest BCUT2D eigenvalue weighted by molar-refractivity contribution is -0.137. The number of hydrogen-bond donors (Lipinski definition) is 0. The Hall–Kier alpha value is -3.61. The molecule has 7 heteroatoms. The van der Waals surface area contributed by atoms with Gasteiger partial charge in [-0.15, -0.1) is 0 Å². The van der Waals surface area contributed by atoms with E-state index in [-0.39, 0.29) is 17.6 Å². The van der Waals surface area contributed by atoms with Crippen molar-refractivity contribution in [2.75, 3.05) is 31.1 Å². The number of piperazine rings is 1. The van der Waals surface area contributed by atoms with Gasteiger partial charge in [-0.2, -0.15) is 0 Å². The molecule has 0 radical (unpaired) electrons. The summed E-state index contributed by atoms with van der Waals surface area (Å²) < 4.78 is 5.35. The monoisotopic (exact) mass is 416 g/mol. The van der Waals surface area contributed by atoms with Crippen LogP contribution in [0.2, 0.25) is 0 Å². The third-order valence-corrected chi connectivity index (χ3v) is 6.15. The van der Waals surface area contributed by atoms with Crippen LogP contribution in [-0.4, -0.2) is 58.8 Å². The number of furan rings is 1. The maximum Gasteiger partial charge on any atom is 0.290 e. The Labute approximate surface area is 180 Å². The Morgan fingerprint density at radius 2 is 1.65 bits per heavy atom. The van der Waals surface area contributed by atoms with Crippen molar-refractivity contribution in [1.82, 2.24) is 14.8 Å². The van der Waals surface area contributed by atoms with Crippen molar-refractivity contribution in [3.8, 4) is 0 Å². The second kappa shape index (κ2) is 8.26. The summed E-state index contributed by atoms with van der Waals surface area (Å²) in [4.78, 5) is 36.6. The first-order valence-electron chi connectivity index (χ1n) is 10.6. The van der Waals surface area contributed by atoms with Gasteiger partial charge in [0.1, 0.15) is 6.04 Å². The lowest BCUT2D eigenvalue weighted by Crippen LogP contribution is -2.57. The molecule has 0 spiro atoms. The molecule has 2 aliphatic rings. The predicted molar refractivity (Wildman–Crippen MR) is 116 cm³/mol. The Kier molecular flexibility index (Phi) is 5.16. The molecule has 7 nitrogen and oxygen atoms in total. The van der Waals surface area contributed by atoms with Crippen LogP contribution in [0.4, 0.5) is 5.69 Å². The highest BCUT2D eigenvalue weighted by atomic mass is 16.3. The summed E-state index contributed by atoms with van der Waals surface area (Å²) >= 11 is 0. The molecule has 0 saturated carbocycles. The number of benzene rings is 1. The first kappa shape index (κ1) is 19.4. The fourth-order valence-electron chi connectivity index (χ4n) is 4.45. The van der Waals surface area contributed by atoms with Crippen molar-refractivity contribution >= 4 is 17.5 Å². The van der Waals surface area contributed by atoms with E-state index in [1.165, 1.54) is 6.26 Å². The second-order valence-corrected chi connectivity index (χ2v) is 7.92. The number of aromatic nitrogens is 1. The summed E-state index contributed by atoms with van der Waals surface area (Å²) in [5, 5.41) is 0. The molecule has 0 aliphatic carbocycles. The molecule has 4 heterocycles. The van der Waals surface area contributed by atoms with E-state index in [4.69, 9.17) is 4.42 Å². The molecule has 0 bridgehead atoms. The second-order valence-electron chi connectivity index (χ2n) is 7.92. The quantitative estimate of drug-likeness (QED) is 0.657. The lowest BCUT2D eigenvalue weighted by atomic mass is 9.92. The van der Waals surface area contributed by atoms with Gasteiger partial charge < -0.3 is 19.1 Å². The van der Waals surface area contributed by atoms with E-state index < -0.39 is 6.04 Å². The minimum atomic E-state index is -0.528.